The lowest BCUT2D eigenvalue weighted by Gasteiger charge is -2.10. The van der Waals surface area contributed by atoms with Crippen LogP contribution in [0.15, 0.2) is 85.0 Å². The Hall–Kier alpha value is -2.74. The van der Waals surface area contributed by atoms with Gasteiger partial charge in [-0.3, -0.25) is 0 Å². The van der Waals surface area contributed by atoms with Crippen LogP contribution in [0.5, 0.6) is 5.75 Å². The van der Waals surface area contributed by atoms with E-state index in [1.54, 1.807) is 18.2 Å². The van der Waals surface area contributed by atoms with Crippen molar-refractivity contribution in [2.24, 2.45) is 0 Å². The Morgan fingerprint density at radius 1 is 1.04 bits per heavy atom. The van der Waals surface area contributed by atoms with Gasteiger partial charge in [0.25, 0.3) is 0 Å². The van der Waals surface area contributed by atoms with Crippen LogP contribution < -0.4 is 5.32 Å². The zero-order valence-electron chi connectivity index (χ0n) is 13.7. The summed E-state index contributed by atoms with van der Waals surface area (Å²) < 4.78 is 0. The fraction of sp³-hybridized carbons (Fsp3) is 0.143. The standard InChI is InChI=1S/C21H23NO/c1-4-5-16(2)6-7-17(3)18-8-10-19(11-9-18)22-20-12-14-21(23)15-13-20/h4-15,17,22-23H,1H2,2-3H3/b7-6-,16-5-. The summed E-state index contributed by atoms with van der Waals surface area (Å²) in [5, 5.41) is 12.6. The minimum Gasteiger partial charge on any atom is -0.508 e. The molecule has 118 valence electrons. The fourth-order valence-corrected chi connectivity index (χ4v) is 2.23. The number of rotatable bonds is 6. The summed E-state index contributed by atoms with van der Waals surface area (Å²) >= 11 is 0. The lowest BCUT2D eigenvalue weighted by Crippen LogP contribution is -1.92. The molecule has 0 saturated carbocycles. The maximum absolute atomic E-state index is 9.30. The number of hydrogen-bond acceptors (Lipinski definition) is 2. The minimum atomic E-state index is 0.271. The number of phenols is 1. The first-order chi connectivity index (χ1) is 11.1. The second-order valence-corrected chi connectivity index (χ2v) is 5.59. The monoisotopic (exact) mass is 305 g/mol. The molecule has 1 atom stereocenters. The number of benzene rings is 2. The van der Waals surface area contributed by atoms with E-state index in [1.165, 1.54) is 11.1 Å². The maximum atomic E-state index is 9.30. The van der Waals surface area contributed by atoms with Crippen molar-refractivity contribution in [3.8, 4) is 5.75 Å². The topological polar surface area (TPSA) is 32.3 Å². The van der Waals surface area contributed by atoms with E-state index < -0.39 is 0 Å². The van der Waals surface area contributed by atoms with Crippen LogP contribution in [0, 0.1) is 0 Å². The molecule has 0 aliphatic rings. The zero-order chi connectivity index (χ0) is 16.7. The number of nitrogens with one attached hydrogen (secondary N) is 1. The van der Waals surface area contributed by atoms with E-state index in [2.05, 4.69) is 62.2 Å². The second kappa shape index (κ2) is 8.04. The normalized spacial score (nSPS) is 13.0. The third-order valence-electron chi connectivity index (χ3n) is 3.62. The van der Waals surface area contributed by atoms with Crippen LogP contribution in [0.4, 0.5) is 11.4 Å². The molecule has 23 heavy (non-hydrogen) atoms. The summed E-state index contributed by atoms with van der Waals surface area (Å²) in [4.78, 5) is 0. The average Bonchev–Trinajstić information content (AvgIpc) is 2.56. The van der Waals surface area contributed by atoms with Crippen LogP contribution in [-0.4, -0.2) is 5.11 Å². The van der Waals surface area contributed by atoms with E-state index in [4.69, 9.17) is 0 Å². The van der Waals surface area contributed by atoms with E-state index in [0.717, 1.165) is 11.4 Å². The van der Waals surface area contributed by atoms with Crippen molar-refractivity contribution in [1.82, 2.24) is 0 Å². The third-order valence-corrected chi connectivity index (χ3v) is 3.62. The molecule has 2 aromatic rings. The number of anilines is 2. The molecule has 0 saturated heterocycles. The van der Waals surface area contributed by atoms with Gasteiger partial charge in [0.1, 0.15) is 5.75 Å². The predicted molar refractivity (Wildman–Crippen MR) is 99.3 cm³/mol. The van der Waals surface area contributed by atoms with Crippen molar-refractivity contribution >= 4 is 11.4 Å². The summed E-state index contributed by atoms with van der Waals surface area (Å²) in [6.07, 6.45) is 8.11. The molecule has 0 aromatic heterocycles. The Bertz CT molecular complexity index is 694. The van der Waals surface area contributed by atoms with E-state index in [0.29, 0.717) is 5.92 Å². The number of allylic oxidation sites excluding steroid dienone is 5. The molecule has 0 fully saturated rings. The van der Waals surface area contributed by atoms with Crippen molar-refractivity contribution in [2.75, 3.05) is 5.32 Å². The van der Waals surface area contributed by atoms with Crippen molar-refractivity contribution in [3.05, 3.63) is 90.6 Å². The Balaban J connectivity index is 2.02. The Morgan fingerprint density at radius 2 is 1.61 bits per heavy atom. The Morgan fingerprint density at radius 3 is 2.17 bits per heavy atom. The molecule has 2 rings (SSSR count). The van der Waals surface area contributed by atoms with E-state index in [9.17, 15) is 5.11 Å². The summed E-state index contributed by atoms with van der Waals surface area (Å²) in [7, 11) is 0. The summed E-state index contributed by atoms with van der Waals surface area (Å²) in [6.45, 7) is 7.95. The molecular weight excluding hydrogens is 282 g/mol. The molecule has 0 aliphatic heterocycles. The molecule has 2 heteroatoms. The van der Waals surface area contributed by atoms with Gasteiger partial charge in [-0.05, 0) is 54.8 Å². The molecular formula is C21H23NO. The SMILES string of the molecule is C=C/C=C(C)\C=C/C(C)c1ccc(Nc2ccc(O)cc2)cc1. The van der Waals surface area contributed by atoms with Crippen molar-refractivity contribution in [3.63, 3.8) is 0 Å². The van der Waals surface area contributed by atoms with Crippen molar-refractivity contribution in [1.29, 1.82) is 0 Å². The minimum absolute atomic E-state index is 0.271. The van der Waals surface area contributed by atoms with Crippen LogP contribution in [0.2, 0.25) is 0 Å². The summed E-state index contributed by atoms with van der Waals surface area (Å²) in [5.74, 6) is 0.623. The zero-order valence-corrected chi connectivity index (χ0v) is 13.7. The lowest BCUT2D eigenvalue weighted by atomic mass is 9.99. The molecule has 0 spiro atoms. The van der Waals surface area contributed by atoms with Gasteiger partial charge in [0.15, 0.2) is 0 Å². The van der Waals surface area contributed by atoms with E-state index >= 15 is 0 Å². The molecule has 0 amide bonds. The molecule has 0 heterocycles. The quantitative estimate of drug-likeness (QED) is 0.512. The highest BCUT2D eigenvalue weighted by atomic mass is 16.3. The van der Waals surface area contributed by atoms with Crippen LogP contribution in [0.3, 0.4) is 0 Å². The first-order valence-electron chi connectivity index (χ1n) is 7.72. The highest BCUT2D eigenvalue weighted by molar-refractivity contribution is 5.60. The van der Waals surface area contributed by atoms with Gasteiger partial charge in [0.2, 0.25) is 0 Å². The molecule has 2 nitrogen and oxygen atoms in total. The van der Waals surface area contributed by atoms with Gasteiger partial charge in [-0.25, -0.2) is 0 Å². The first kappa shape index (κ1) is 16.6. The smallest absolute Gasteiger partial charge is 0.115 e. The lowest BCUT2D eigenvalue weighted by molar-refractivity contribution is 0.475. The molecule has 1 unspecified atom stereocenters. The molecule has 0 bridgehead atoms. The number of aromatic hydroxyl groups is 1. The highest BCUT2D eigenvalue weighted by Gasteiger charge is 2.02. The fourth-order valence-electron chi connectivity index (χ4n) is 2.23. The molecule has 2 aromatic carbocycles. The van der Waals surface area contributed by atoms with Gasteiger partial charge < -0.3 is 10.4 Å². The maximum Gasteiger partial charge on any atom is 0.115 e. The second-order valence-electron chi connectivity index (χ2n) is 5.59. The van der Waals surface area contributed by atoms with Crippen LogP contribution in [0.1, 0.15) is 25.3 Å². The average molecular weight is 305 g/mol. The Kier molecular flexibility index (Phi) is 5.81. The van der Waals surface area contributed by atoms with Crippen molar-refractivity contribution in [2.45, 2.75) is 19.8 Å². The predicted octanol–water partition coefficient (Wildman–Crippen LogP) is 5.93. The van der Waals surface area contributed by atoms with Gasteiger partial charge in [-0.2, -0.15) is 0 Å². The van der Waals surface area contributed by atoms with Gasteiger partial charge in [0, 0.05) is 11.4 Å². The largest absolute Gasteiger partial charge is 0.508 e. The van der Waals surface area contributed by atoms with Gasteiger partial charge in [-0.15, -0.1) is 0 Å². The molecule has 0 radical (unpaired) electrons. The molecule has 2 N–H and O–H groups in total. The van der Waals surface area contributed by atoms with Gasteiger partial charge >= 0.3 is 0 Å². The van der Waals surface area contributed by atoms with E-state index in [1.807, 2.05) is 18.2 Å². The van der Waals surface area contributed by atoms with Crippen molar-refractivity contribution < 1.29 is 5.11 Å². The third kappa shape index (κ3) is 5.19. The van der Waals surface area contributed by atoms with Gasteiger partial charge in [0.05, 0.1) is 0 Å². The van der Waals surface area contributed by atoms with Crippen LogP contribution in [-0.2, 0) is 0 Å². The first-order valence-corrected chi connectivity index (χ1v) is 7.72. The Labute approximate surface area is 138 Å². The van der Waals surface area contributed by atoms with Crippen LogP contribution >= 0.6 is 0 Å². The van der Waals surface area contributed by atoms with E-state index in [-0.39, 0.29) is 5.75 Å². The van der Waals surface area contributed by atoms with Gasteiger partial charge in [-0.1, -0.05) is 55.5 Å². The highest BCUT2D eigenvalue weighted by Crippen LogP contribution is 2.23. The molecule has 0 aliphatic carbocycles. The summed E-state index contributed by atoms with van der Waals surface area (Å²) in [6, 6.07) is 15.4. The number of hydrogen-bond donors (Lipinski definition) is 2. The number of phenolic OH excluding ortho intramolecular Hbond substituents is 1. The summed E-state index contributed by atoms with van der Waals surface area (Å²) in [5.41, 5.74) is 4.44. The van der Waals surface area contributed by atoms with Crippen LogP contribution in [0.25, 0.3) is 0 Å².